The second kappa shape index (κ2) is 11.5. The Hall–Kier alpha value is -2.52. The zero-order chi connectivity index (χ0) is 25.8. The fourth-order valence-corrected chi connectivity index (χ4v) is 7.07. The van der Waals surface area contributed by atoms with Crippen molar-refractivity contribution in [1.29, 1.82) is 0 Å². The molecule has 9 heteroatoms. The Balaban J connectivity index is 1.19. The number of likely N-dealkylation sites (tertiary alicyclic amines) is 1. The third-order valence-electron chi connectivity index (χ3n) is 8.50. The Morgan fingerprint density at radius 1 is 1.08 bits per heavy atom. The Bertz CT molecular complexity index is 1100. The van der Waals surface area contributed by atoms with Gasteiger partial charge in [-0.05, 0) is 55.8 Å². The lowest BCUT2D eigenvalue weighted by Gasteiger charge is -2.44. The molecule has 37 heavy (non-hydrogen) atoms. The summed E-state index contributed by atoms with van der Waals surface area (Å²) in [5, 5.41) is 1.20. The van der Waals surface area contributed by atoms with Gasteiger partial charge in [0.1, 0.15) is 0 Å². The van der Waals surface area contributed by atoms with Crippen molar-refractivity contribution in [3.8, 4) is 0 Å². The maximum atomic E-state index is 12.8. The van der Waals surface area contributed by atoms with Gasteiger partial charge in [0, 0.05) is 18.4 Å². The number of hydrogen-bond donors (Lipinski definition) is 0. The summed E-state index contributed by atoms with van der Waals surface area (Å²) in [5.74, 6) is 0.866. The number of imide groups is 1. The lowest BCUT2D eigenvalue weighted by Crippen LogP contribution is -2.61. The molecule has 1 aromatic heterocycles. The number of anilines is 1. The van der Waals surface area contributed by atoms with Crippen molar-refractivity contribution in [1.82, 2.24) is 9.27 Å². The van der Waals surface area contributed by atoms with Crippen LogP contribution in [0.15, 0.2) is 24.3 Å². The van der Waals surface area contributed by atoms with Crippen LogP contribution in [0.5, 0.6) is 0 Å². The van der Waals surface area contributed by atoms with Gasteiger partial charge < -0.3 is 9.64 Å². The number of aromatic nitrogens is 1. The van der Waals surface area contributed by atoms with Crippen molar-refractivity contribution in [3.63, 3.8) is 0 Å². The van der Waals surface area contributed by atoms with Gasteiger partial charge in [0.25, 0.3) is 0 Å². The molecule has 2 aromatic rings. The average molecular weight is 528 g/mol. The molecule has 1 saturated carbocycles. The van der Waals surface area contributed by atoms with Gasteiger partial charge in [-0.25, -0.2) is 0 Å². The molecule has 8 nitrogen and oxygen atoms in total. The number of esters is 1. The average Bonchev–Trinajstić information content (AvgIpc) is 3.46. The molecule has 2 saturated heterocycles. The molecule has 2 unspecified atom stereocenters. The van der Waals surface area contributed by atoms with Crippen molar-refractivity contribution < 1.29 is 23.6 Å². The normalized spacial score (nSPS) is 23.5. The van der Waals surface area contributed by atoms with Crippen LogP contribution in [0.2, 0.25) is 0 Å². The molecule has 3 fully saturated rings. The van der Waals surface area contributed by atoms with Gasteiger partial charge in [-0.1, -0.05) is 31.9 Å². The number of benzene rings is 1. The summed E-state index contributed by atoms with van der Waals surface area (Å²) in [4.78, 5) is 41.7. The van der Waals surface area contributed by atoms with Crippen LogP contribution in [0, 0.1) is 11.8 Å². The van der Waals surface area contributed by atoms with E-state index in [0.717, 1.165) is 88.0 Å². The Morgan fingerprint density at radius 3 is 2.49 bits per heavy atom. The van der Waals surface area contributed by atoms with Gasteiger partial charge in [0.2, 0.25) is 18.5 Å². The van der Waals surface area contributed by atoms with Crippen molar-refractivity contribution in [3.05, 3.63) is 24.3 Å². The SMILES string of the molecule is CCCC(=O)OC[N+]1(CCCCN2C(=O)C3CCCCC3C2=O)CCN(c2nsc3ccccc23)CC1. The lowest BCUT2D eigenvalue weighted by atomic mass is 9.81. The van der Waals surface area contributed by atoms with Crippen molar-refractivity contribution in [2.45, 2.75) is 58.3 Å². The summed E-state index contributed by atoms with van der Waals surface area (Å²) in [6, 6.07) is 8.35. The highest BCUT2D eigenvalue weighted by molar-refractivity contribution is 7.13. The molecule has 0 radical (unpaired) electrons. The van der Waals surface area contributed by atoms with Crippen LogP contribution in [0.25, 0.3) is 10.1 Å². The number of ether oxygens (including phenoxy) is 1. The summed E-state index contributed by atoms with van der Waals surface area (Å²) < 4.78 is 12.4. The van der Waals surface area contributed by atoms with E-state index in [0.29, 0.717) is 19.7 Å². The minimum Gasteiger partial charge on any atom is -0.415 e. The quantitative estimate of drug-likeness (QED) is 0.200. The van der Waals surface area contributed by atoms with Crippen molar-refractivity contribution >= 4 is 45.2 Å². The minimum absolute atomic E-state index is 0.0520. The molecular formula is C28H39N4O4S+. The van der Waals surface area contributed by atoms with E-state index in [1.165, 1.54) is 26.5 Å². The van der Waals surface area contributed by atoms with Crippen molar-refractivity contribution in [2.75, 3.05) is 50.9 Å². The van der Waals surface area contributed by atoms with E-state index in [4.69, 9.17) is 9.11 Å². The number of rotatable bonds is 10. The molecule has 5 rings (SSSR count). The van der Waals surface area contributed by atoms with Gasteiger partial charge in [0.05, 0.1) is 49.3 Å². The highest BCUT2D eigenvalue weighted by Gasteiger charge is 2.47. The van der Waals surface area contributed by atoms with Crippen molar-refractivity contribution in [2.24, 2.45) is 11.8 Å². The Morgan fingerprint density at radius 2 is 1.78 bits per heavy atom. The number of fused-ring (bicyclic) bond motifs is 2. The molecule has 3 aliphatic rings. The smallest absolute Gasteiger partial charge is 0.310 e. The molecule has 0 bridgehead atoms. The van der Waals surface area contributed by atoms with Crippen LogP contribution in [0.1, 0.15) is 58.3 Å². The topological polar surface area (TPSA) is 79.8 Å². The van der Waals surface area contributed by atoms with Gasteiger partial charge in [-0.2, -0.15) is 4.37 Å². The van der Waals surface area contributed by atoms with E-state index in [9.17, 15) is 14.4 Å². The van der Waals surface area contributed by atoms with Gasteiger partial charge in [-0.3, -0.25) is 23.8 Å². The predicted molar refractivity (Wildman–Crippen MR) is 144 cm³/mol. The number of amides is 2. The number of carbonyl (C=O) groups excluding carboxylic acids is 3. The standard InChI is InChI=1S/C28H39N4O4S/c1-2-9-25(33)36-20-32(17-8-7-14-31-27(34)21-10-3-4-11-22(21)28(31)35)18-15-30(16-19-32)26-23-12-5-6-13-24(23)37-29-26/h5-6,12-13,21-22H,2-4,7-11,14-20H2,1H3/q+1. The second-order valence-electron chi connectivity index (χ2n) is 10.9. The van der Waals surface area contributed by atoms with Crippen LogP contribution in [0.4, 0.5) is 5.82 Å². The van der Waals surface area contributed by atoms with E-state index in [2.05, 4.69) is 23.1 Å². The molecule has 0 spiro atoms. The third-order valence-corrected chi connectivity index (χ3v) is 9.31. The summed E-state index contributed by atoms with van der Waals surface area (Å²) in [5.41, 5.74) is 0. The highest BCUT2D eigenvalue weighted by atomic mass is 32.1. The zero-order valence-corrected chi connectivity index (χ0v) is 22.7. The van der Waals surface area contributed by atoms with Crippen LogP contribution >= 0.6 is 11.5 Å². The third kappa shape index (κ3) is 5.53. The molecule has 200 valence electrons. The number of nitrogens with zero attached hydrogens (tertiary/aromatic N) is 4. The molecular weight excluding hydrogens is 488 g/mol. The molecule has 0 N–H and O–H groups in total. The fourth-order valence-electron chi connectivity index (χ4n) is 6.27. The van der Waals surface area contributed by atoms with E-state index in [1.54, 1.807) is 0 Å². The molecule has 2 amide bonds. The second-order valence-corrected chi connectivity index (χ2v) is 11.7. The lowest BCUT2D eigenvalue weighted by molar-refractivity contribution is -0.944. The monoisotopic (exact) mass is 527 g/mol. The van der Waals surface area contributed by atoms with Gasteiger partial charge in [0.15, 0.2) is 5.82 Å². The number of piperazine rings is 1. The van der Waals surface area contributed by atoms with Crippen LogP contribution < -0.4 is 4.90 Å². The first-order chi connectivity index (χ1) is 18.0. The summed E-state index contributed by atoms with van der Waals surface area (Å²) in [6.07, 6.45) is 6.73. The van der Waals surface area contributed by atoms with Gasteiger partial charge >= 0.3 is 5.97 Å². The van der Waals surface area contributed by atoms with E-state index >= 15 is 0 Å². The number of quaternary nitrogens is 1. The van der Waals surface area contributed by atoms with E-state index < -0.39 is 0 Å². The number of unbranched alkanes of at least 4 members (excludes halogenated alkanes) is 1. The van der Waals surface area contributed by atoms with Crippen LogP contribution in [-0.2, 0) is 19.1 Å². The molecule has 2 atom stereocenters. The molecule has 2 aliphatic heterocycles. The molecule has 3 heterocycles. The first-order valence-electron chi connectivity index (χ1n) is 14.0. The maximum Gasteiger partial charge on any atom is 0.310 e. The first-order valence-corrected chi connectivity index (χ1v) is 14.7. The largest absolute Gasteiger partial charge is 0.415 e. The fraction of sp³-hybridized carbons (Fsp3) is 0.643. The van der Waals surface area contributed by atoms with Gasteiger partial charge in [-0.15, -0.1) is 0 Å². The van der Waals surface area contributed by atoms with E-state index in [1.807, 2.05) is 13.0 Å². The Kier molecular flexibility index (Phi) is 8.09. The predicted octanol–water partition coefficient (Wildman–Crippen LogP) is 4.19. The molecule has 1 aromatic carbocycles. The van der Waals surface area contributed by atoms with Crippen LogP contribution in [0.3, 0.4) is 0 Å². The number of carbonyl (C=O) groups is 3. The first kappa shape index (κ1) is 26.1. The summed E-state index contributed by atoms with van der Waals surface area (Å²) >= 11 is 1.54. The van der Waals surface area contributed by atoms with E-state index in [-0.39, 0.29) is 29.6 Å². The summed E-state index contributed by atoms with van der Waals surface area (Å²) in [6.45, 7) is 7.20. The van der Waals surface area contributed by atoms with Crippen LogP contribution in [-0.4, -0.2) is 77.5 Å². The minimum atomic E-state index is -0.135. The summed E-state index contributed by atoms with van der Waals surface area (Å²) in [7, 11) is 0. The maximum absolute atomic E-state index is 12.8. The Labute approximate surface area is 223 Å². The molecule has 1 aliphatic carbocycles. The highest BCUT2D eigenvalue weighted by Crippen LogP contribution is 2.38. The number of hydrogen-bond acceptors (Lipinski definition) is 7. The zero-order valence-electron chi connectivity index (χ0n) is 21.9.